The minimum atomic E-state index is -0.327. The number of rotatable bonds is 3. The summed E-state index contributed by atoms with van der Waals surface area (Å²) in [6, 6.07) is 13.5. The second kappa shape index (κ2) is 6.79. The van der Waals surface area contributed by atoms with E-state index in [0.717, 1.165) is 24.1 Å². The van der Waals surface area contributed by atoms with Gasteiger partial charge in [-0.3, -0.25) is 9.59 Å². The van der Waals surface area contributed by atoms with Crippen molar-refractivity contribution in [3.63, 3.8) is 0 Å². The molecule has 0 atom stereocenters. The molecule has 1 saturated heterocycles. The fourth-order valence-corrected chi connectivity index (χ4v) is 2.97. The molecule has 1 aromatic heterocycles. The lowest BCUT2D eigenvalue weighted by Gasteiger charge is -2.31. The summed E-state index contributed by atoms with van der Waals surface area (Å²) >= 11 is 0. The first kappa shape index (κ1) is 15.5. The molecule has 0 bridgehead atoms. The third-order valence-corrected chi connectivity index (χ3v) is 4.42. The van der Waals surface area contributed by atoms with Crippen LogP contribution in [0.4, 0.5) is 0 Å². The topological polar surface area (TPSA) is 65.2 Å². The Balaban J connectivity index is 1.79. The predicted octanol–water partition coefficient (Wildman–Crippen LogP) is 1.87. The summed E-state index contributed by atoms with van der Waals surface area (Å²) in [5.41, 5.74) is 1.54. The molecule has 2 N–H and O–H groups in total. The Hall–Kier alpha value is -2.40. The van der Waals surface area contributed by atoms with Crippen LogP contribution in [0.5, 0.6) is 0 Å². The van der Waals surface area contributed by atoms with Crippen LogP contribution < -0.4 is 10.9 Å². The average Bonchev–Trinajstić information content (AvgIpc) is 2.62. The fraction of sp³-hybridized carbons (Fsp3) is 0.333. The van der Waals surface area contributed by atoms with Crippen LogP contribution in [0, 0.1) is 0 Å². The molecule has 23 heavy (non-hydrogen) atoms. The highest BCUT2D eigenvalue weighted by molar-refractivity contribution is 5.94. The summed E-state index contributed by atoms with van der Waals surface area (Å²) in [5, 5.41) is 3.23. The summed E-state index contributed by atoms with van der Waals surface area (Å²) in [6.45, 7) is 1.37. The maximum absolute atomic E-state index is 12.5. The average molecular weight is 311 g/mol. The molecule has 5 heteroatoms. The summed E-state index contributed by atoms with van der Waals surface area (Å²) in [6.07, 6.45) is 1.84. The van der Waals surface area contributed by atoms with E-state index in [2.05, 4.69) is 10.3 Å². The number of piperidine rings is 1. The molecule has 5 nitrogen and oxygen atoms in total. The molecule has 120 valence electrons. The van der Waals surface area contributed by atoms with E-state index in [1.165, 1.54) is 0 Å². The van der Waals surface area contributed by atoms with E-state index < -0.39 is 0 Å². The van der Waals surface area contributed by atoms with Gasteiger partial charge < -0.3 is 15.2 Å². The molecule has 1 aliphatic heterocycles. The third-order valence-electron chi connectivity index (χ3n) is 4.42. The molecule has 2 heterocycles. The van der Waals surface area contributed by atoms with Crippen molar-refractivity contribution < 1.29 is 4.79 Å². The lowest BCUT2D eigenvalue weighted by atomic mass is 10.0. The first-order chi connectivity index (χ1) is 11.2. The van der Waals surface area contributed by atoms with Gasteiger partial charge in [-0.25, -0.2) is 0 Å². The molecule has 0 radical (unpaired) electrons. The van der Waals surface area contributed by atoms with E-state index in [-0.39, 0.29) is 17.0 Å². The normalized spacial score (nSPS) is 15.6. The van der Waals surface area contributed by atoms with E-state index in [4.69, 9.17) is 0 Å². The molecular weight excluding hydrogens is 290 g/mol. The molecule has 1 aromatic carbocycles. The SMILES string of the molecule is CNC1CCN(C(=O)c2ccc(-c3ccccc3)[nH]c2=O)CC1. The minimum Gasteiger partial charge on any atom is -0.338 e. The summed E-state index contributed by atoms with van der Waals surface area (Å²) in [5.74, 6) is -0.180. The van der Waals surface area contributed by atoms with Crippen molar-refractivity contribution in [1.29, 1.82) is 0 Å². The molecule has 0 unspecified atom stereocenters. The molecule has 1 amide bonds. The predicted molar refractivity (Wildman–Crippen MR) is 90.5 cm³/mol. The third kappa shape index (κ3) is 3.35. The van der Waals surface area contributed by atoms with Crippen LogP contribution in [0.15, 0.2) is 47.3 Å². The minimum absolute atomic E-state index is 0.180. The van der Waals surface area contributed by atoms with E-state index in [0.29, 0.717) is 19.1 Å². The van der Waals surface area contributed by atoms with Gasteiger partial charge in [0, 0.05) is 24.8 Å². The van der Waals surface area contributed by atoms with Crippen LogP contribution in [0.3, 0.4) is 0 Å². The fourth-order valence-electron chi connectivity index (χ4n) is 2.97. The Kier molecular flexibility index (Phi) is 4.57. The van der Waals surface area contributed by atoms with Crippen molar-refractivity contribution in [3.8, 4) is 11.3 Å². The van der Waals surface area contributed by atoms with Crippen LogP contribution in [0.2, 0.25) is 0 Å². The molecule has 1 aliphatic rings. The zero-order chi connectivity index (χ0) is 16.2. The molecule has 3 rings (SSSR count). The molecular formula is C18H21N3O2. The molecule has 2 aromatic rings. The quantitative estimate of drug-likeness (QED) is 0.909. The molecule has 0 aliphatic carbocycles. The van der Waals surface area contributed by atoms with Gasteiger partial charge in [0.25, 0.3) is 11.5 Å². The highest BCUT2D eigenvalue weighted by atomic mass is 16.2. The van der Waals surface area contributed by atoms with Crippen molar-refractivity contribution >= 4 is 5.91 Å². The standard InChI is InChI=1S/C18H21N3O2/c1-19-14-9-11-21(12-10-14)18(23)15-7-8-16(20-17(15)22)13-5-3-2-4-6-13/h2-8,14,19H,9-12H2,1H3,(H,20,22). The van der Waals surface area contributed by atoms with Crippen molar-refractivity contribution in [2.75, 3.05) is 20.1 Å². The molecule has 0 spiro atoms. The number of hydrogen-bond acceptors (Lipinski definition) is 3. The first-order valence-corrected chi connectivity index (χ1v) is 7.94. The maximum Gasteiger partial charge on any atom is 0.261 e. The summed E-state index contributed by atoms with van der Waals surface area (Å²) < 4.78 is 0. The van der Waals surface area contributed by atoms with Gasteiger partial charge in [-0.15, -0.1) is 0 Å². The number of benzene rings is 1. The number of hydrogen-bond donors (Lipinski definition) is 2. The van der Waals surface area contributed by atoms with Gasteiger partial charge in [0.15, 0.2) is 0 Å². The number of carbonyl (C=O) groups is 1. The van der Waals surface area contributed by atoms with Crippen LogP contribution in [0.25, 0.3) is 11.3 Å². The Morgan fingerprint density at radius 2 is 1.83 bits per heavy atom. The first-order valence-electron chi connectivity index (χ1n) is 7.94. The zero-order valence-corrected chi connectivity index (χ0v) is 13.2. The number of likely N-dealkylation sites (tertiary alicyclic amines) is 1. The van der Waals surface area contributed by atoms with Crippen LogP contribution in [-0.2, 0) is 0 Å². The number of nitrogens with one attached hydrogen (secondary N) is 2. The number of aromatic nitrogens is 1. The van der Waals surface area contributed by atoms with Crippen LogP contribution in [0.1, 0.15) is 23.2 Å². The number of amides is 1. The largest absolute Gasteiger partial charge is 0.338 e. The number of nitrogens with zero attached hydrogens (tertiary/aromatic N) is 1. The molecule has 0 saturated carbocycles. The van der Waals surface area contributed by atoms with Gasteiger partial charge in [0.2, 0.25) is 0 Å². The number of pyridine rings is 1. The monoisotopic (exact) mass is 311 g/mol. The van der Waals surface area contributed by atoms with Gasteiger partial charge in [-0.2, -0.15) is 0 Å². The highest BCUT2D eigenvalue weighted by Gasteiger charge is 2.24. The molecule has 1 fully saturated rings. The summed E-state index contributed by atoms with van der Waals surface area (Å²) in [7, 11) is 1.94. The van der Waals surface area contributed by atoms with Crippen molar-refractivity contribution in [2.24, 2.45) is 0 Å². The van der Waals surface area contributed by atoms with Gasteiger partial charge in [0.1, 0.15) is 5.56 Å². The van der Waals surface area contributed by atoms with Crippen molar-refractivity contribution in [2.45, 2.75) is 18.9 Å². The lowest BCUT2D eigenvalue weighted by Crippen LogP contribution is -2.45. The smallest absolute Gasteiger partial charge is 0.261 e. The second-order valence-corrected chi connectivity index (χ2v) is 5.84. The Morgan fingerprint density at radius 1 is 1.13 bits per heavy atom. The zero-order valence-electron chi connectivity index (χ0n) is 13.2. The summed E-state index contributed by atoms with van der Waals surface area (Å²) in [4.78, 5) is 29.4. The van der Waals surface area contributed by atoms with Gasteiger partial charge >= 0.3 is 0 Å². The van der Waals surface area contributed by atoms with E-state index in [1.54, 1.807) is 17.0 Å². The highest BCUT2D eigenvalue weighted by Crippen LogP contribution is 2.16. The van der Waals surface area contributed by atoms with E-state index in [1.807, 2.05) is 37.4 Å². The Bertz CT molecular complexity index is 731. The van der Waals surface area contributed by atoms with Gasteiger partial charge in [-0.05, 0) is 37.6 Å². The Labute approximate surface area is 135 Å². The second-order valence-electron chi connectivity index (χ2n) is 5.84. The van der Waals surface area contributed by atoms with Crippen molar-refractivity contribution in [1.82, 2.24) is 15.2 Å². The van der Waals surface area contributed by atoms with E-state index in [9.17, 15) is 9.59 Å². The maximum atomic E-state index is 12.5. The Morgan fingerprint density at radius 3 is 2.43 bits per heavy atom. The van der Waals surface area contributed by atoms with E-state index >= 15 is 0 Å². The van der Waals surface area contributed by atoms with Gasteiger partial charge in [0.05, 0.1) is 0 Å². The number of aromatic amines is 1. The van der Waals surface area contributed by atoms with Crippen LogP contribution in [-0.4, -0.2) is 42.0 Å². The van der Waals surface area contributed by atoms with Crippen LogP contribution >= 0.6 is 0 Å². The lowest BCUT2D eigenvalue weighted by molar-refractivity contribution is 0.0705. The van der Waals surface area contributed by atoms with Crippen molar-refractivity contribution in [3.05, 3.63) is 58.4 Å². The number of carbonyl (C=O) groups excluding carboxylic acids is 1. The number of H-pyrrole nitrogens is 1. The van der Waals surface area contributed by atoms with Gasteiger partial charge in [-0.1, -0.05) is 30.3 Å².